The number of halogens is 1. The molecular formula is C24H29ClN2O4. The first-order valence-electron chi connectivity index (χ1n) is 10.8. The van der Waals surface area contributed by atoms with E-state index in [2.05, 4.69) is 17.0 Å². The van der Waals surface area contributed by atoms with E-state index < -0.39 is 0 Å². The van der Waals surface area contributed by atoms with Crippen LogP contribution in [0.1, 0.15) is 27.9 Å². The maximum Gasteiger partial charge on any atom is 0.254 e. The van der Waals surface area contributed by atoms with Crippen LogP contribution in [-0.4, -0.2) is 62.3 Å². The smallest absolute Gasteiger partial charge is 0.254 e. The average molecular weight is 445 g/mol. The third-order valence-corrected chi connectivity index (χ3v) is 6.49. The Morgan fingerprint density at radius 1 is 1.10 bits per heavy atom. The van der Waals surface area contributed by atoms with Gasteiger partial charge in [0.15, 0.2) is 11.5 Å². The highest BCUT2D eigenvalue weighted by molar-refractivity contribution is 5.97. The van der Waals surface area contributed by atoms with Gasteiger partial charge in [0.25, 0.3) is 5.91 Å². The van der Waals surface area contributed by atoms with Crippen molar-refractivity contribution in [2.75, 3.05) is 46.6 Å². The molecule has 0 spiro atoms. The van der Waals surface area contributed by atoms with Gasteiger partial charge in [-0.15, -0.1) is 12.4 Å². The molecule has 3 heterocycles. The number of fused-ring (bicyclic) bond motifs is 2. The average Bonchev–Trinajstić information content (AvgIpc) is 3.42. The molecule has 0 saturated carbocycles. The Kier molecular flexibility index (Phi) is 6.58. The number of likely N-dealkylation sites (tertiary alicyclic amines) is 1. The van der Waals surface area contributed by atoms with Gasteiger partial charge >= 0.3 is 0 Å². The molecule has 3 aliphatic rings. The highest BCUT2D eigenvalue weighted by Gasteiger charge is 2.31. The number of carbonyl (C=O) groups is 1. The van der Waals surface area contributed by atoms with Gasteiger partial charge in [-0.3, -0.25) is 4.79 Å². The van der Waals surface area contributed by atoms with Gasteiger partial charge in [-0.1, -0.05) is 12.1 Å². The Balaban J connectivity index is 0.00000231. The highest BCUT2D eigenvalue weighted by atomic mass is 35.5. The maximum atomic E-state index is 13.1. The molecule has 3 aliphatic heterocycles. The molecule has 0 radical (unpaired) electrons. The summed E-state index contributed by atoms with van der Waals surface area (Å²) in [4.78, 5) is 17.6. The van der Waals surface area contributed by atoms with E-state index in [9.17, 15) is 4.79 Å². The van der Waals surface area contributed by atoms with Crippen LogP contribution in [0.15, 0.2) is 36.4 Å². The predicted octanol–water partition coefficient (Wildman–Crippen LogP) is 3.41. The molecule has 5 rings (SSSR count). The molecule has 0 aromatic heterocycles. The normalized spacial score (nSPS) is 19.8. The van der Waals surface area contributed by atoms with Crippen LogP contribution in [0, 0.1) is 5.92 Å². The van der Waals surface area contributed by atoms with E-state index in [4.69, 9.17) is 14.2 Å². The molecule has 1 amide bonds. The van der Waals surface area contributed by atoms with Crippen molar-refractivity contribution in [3.05, 3.63) is 53.1 Å². The minimum absolute atomic E-state index is 0. The minimum atomic E-state index is 0. The summed E-state index contributed by atoms with van der Waals surface area (Å²) in [7, 11) is 1.69. The van der Waals surface area contributed by atoms with Crippen molar-refractivity contribution >= 4 is 18.3 Å². The van der Waals surface area contributed by atoms with Crippen molar-refractivity contribution in [3.8, 4) is 17.2 Å². The van der Waals surface area contributed by atoms with Crippen molar-refractivity contribution in [2.45, 2.75) is 19.3 Å². The number of carbonyl (C=O) groups excluding carboxylic acids is 1. The fourth-order valence-electron chi connectivity index (χ4n) is 4.75. The molecule has 1 unspecified atom stereocenters. The highest BCUT2D eigenvalue weighted by Crippen LogP contribution is 2.37. The number of rotatable bonds is 6. The van der Waals surface area contributed by atoms with Gasteiger partial charge in [0.2, 0.25) is 6.79 Å². The lowest BCUT2D eigenvalue weighted by Gasteiger charge is -2.31. The summed E-state index contributed by atoms with van der Waals surface area (Å²) in [5.41, 5.74) is 3.19. The van der Waals surface area contributed by atoms with E-state index in [1.165, 1.54) is 5.56 Å². The third-order valence-electron chi connectivity index (χ3n) is 6.49. The number of benzene rings is 2. The Morgan fingerprint density at radius 2 is 1.87 bits per heavy atom. The van der Waals surface area contributed by atoms with E-state index in [1.54, 1.807) is 7.11 Å². The lowest BCUT2D eigenvalue weighted by atomic mass is 9.97. The molecule has 2 aromatic rings. The minimum Gasteiger partial charge on any atom is -0.497 e. The van der Waals surface area contributed by atoms with Crippen LogP contribution in [0.4, 0.5) is 0 Å². The molecule has 0 N–H and O–H groups in total. The van der Waals surface area contributed by atoms with Crippen molar-refractivity contribution in [3.63, 3.8) is 0 Å². The third kappa shape index (κ3) is 4.60. The van der Waals surface area contributed by atoms with E-state index in [0.717, 1.165) is 74.6 Å². The summed E-state index contributed by atoms with van der Waals surface area (Å²) in [6, 6.07) is 12.2. The zero-order chi connectivity index (χ0) is 20.5. The first-order valence-corrected chi connectivity index (χ1v) is 10.8. The van der Waals surface area contributed by atoms with Crippen LogP contribution >= 0.6 is 12.4 Å². The van der Waals surface area contributed by atoms with Gasteiger partial charge in [-0.2, -0.15) is 0 Å². The van der Waals surface area contributed by atoms with Crippen LogP contribution in [0.3, 0.4) is 0 Å². The summed E-state index contributed by atoms with van der Waals surface area (Å²) in [6.45, 7) is 5.10. The molecule has 1 atom stereocenters. The van der Waals surface area contributed by atoms with Crippen molar-refractivity contribution < 1.29 is 19.0 Å². The molecule has 0 aliphatic carbocycles. The van der Waals surface area contributed by atoms with Gasteiger partial charge in [0.05, 0.1) is 7.11 Å². The van der Waals surface area contributed by atoms with Gasteiger partial charge in [-0.05, 0) is 67.1 Å². The summed E-state index contributed by atoms with van der Waals surface area (Å²) < 4.78 is 16.1. The van der Waals surface area contributed by atoms with E-state index in [-0.39, 0.29) is 25.1 Å². The van der Waals surface area contributed by atoms with Gasteiger partial charge in [0.1, 0.15) is 5.75 Å². The molecule has 6 nitrogen and oxygen atoms in total. The molecule has 2 aromatic carbocycles. The van der Waals surface area contributed by atoms with Gasteiger partial charge < -0.3 is 24.0 Å². The molecule has 7 heteroatoms. The van der Waals surface area contributed by atoms with E-state index in [1.807, 2.05) is 29.2 Å². The van der Waals surface area contributed by atoms with Crippen molar-refractivity contribution in [2.24, 2.45) is 5.92 Å². The lowest BCUT2D eigenvalue weighted by Crippen LogP contribution is -2.41. The van der Waals surface area contributed by atoms with Crippen LogP contribution < -0.4 is 14.2 Å². The molecule has 1 saturated heterocycles. The topological polar surface area (TPSA) is 51.2 Å². The standard InChI is InChI=1S/C24H28N2O4.ClH/c1-28-20-4-2-17(3-5-20)6-9-25-10-7-18(14-25)15-26-11-8-19-12-22-23(30-16-29-22)13-21(19)24(26)27;/h2-5,12-13,18H,6-11,14-16H2,1H3;1H. The summed E-state index contributed by atoms with van der Waals surface area (Å²) in [5, 5.41) is 0. The molecular weight excluding hydrogens is 416 g/mol. The second kappa shape index (κ2) is 9.37. The number of ether oxygens (including phenoxy) is 3. The molecule has 31 heavy (non-hydrogen) atoms. The number of methoxy groups -OCH3 is 1. The number of nitrogens with zero attached hydrogens (tertiary/aromatic N) is 2. The summed E-state index contributed by atoms with van der Waals surface area (Å²) >= 11 is 0. The summed E-state index contributed by atoms with van der Waals surface area (Å²) in [5.74, 6) is 3.02. The molecule has 0 bridgehead atoms. The maximum absolute atomic E-state index is 13.1. The molecule has 166 valence electrons. The molecule has 1 fully saturated rings. The Morgan fingerprint density at radius 3 is 2.65 bits per heavy atom. The predicted molar refractivity (Wildman–Crippen MR) is 121 cm³/mol. The first-order chi connectivity index (χ1) is 14.7. The fraction of sp³-hybridized carbons (Fsp3) is 0.458. The quantitative estimate of drug-likeness (QED) is 0.683. The summed E-state index contributed by atoms with van der Waals surface area (Å²) in [6.07, 6.45) is 3.08. The second-order valence-corrected chi connectivity index (χ2v) is 8.42. The zero-order valence-corrected chi connectivity index (χ0v) is 18.7. The lowest BCUT2D eigenvalue weighted by molar-refractivity contribution is 0.0712. The van der Waals surface area contributed by atoms with Crippen LogP contribution in [0.5, 0.6) is 17.2 Å². The van der Waals surface area contributed by atoms with Crippen LogP contribution in [0.25, 0.3) is 0 Å². The van der Waals surface area contributed by atoms with Crippen LogP contribution in [-0.2, 0) is 12.8 Å². The second-order valence-electron chi connectivity index (χ2n) is 8.42. The van der Waals surface area contributed by atoms with Gasteiger partial charge in [0, 0.05) is 31.7 Å². The van der Waals surface area contributed by atoms with Crippen molar-refractivity contribution in [1.82, 2.24) is 9.80 Å². The number of hydrogen-bond donors (Lipinski definition) is 0. The van der Waals surface area contributed by atoms with E-state index >= 15 is 0 Å². The Labute approximate surface area is 189 Å². The largest absolute Gasteiger partial charge is 0.497 e. The van der Waals surface area contributed by atoms with Crippen molar-refractivity contribution in [1.29, 1.82) is 0 Å². The van der Waals surface area contributed by atoms with E-state index in [0.29, 0.717) is 11.7 Å². The number of hydrogen-bond acceptors (Lipinski definition) is 5. The Bertz CT molecular complexity index is 934. The van der Waals surface area contributed by atoms with Gasteiger partial charge in [-0.25, -0.2) is 0 Å². The fourth-order valence-corrected chi connectivity index (χ4v) is 4.75. The SMILES string of the molecule is COc1ccc(CCN2CCC(CN3CCc4cc5c(cc4C3=O)OCO5)C2)cc1.Cl. The monoisotopic (exact) mass is 444 g/mol. The Hall–Kier alpha value is -2.44. The van der Waals surface area contributed by atoms with Crippen LogP contribution in [0.2, 0.25) is 0 Å². The zero-order valence-electron chi connectivity index (χ0n) is 17.8. The first kappa shape index (κ1) is 21.8. The number of amides is 1.